The second kappa shape index (κ2) is 3.81. The van der Waals surface area contributed by atoms with Crippen molar-refractivity contribution >= 4 is 23.1 Å². The number of hydrogen-bond donors (Lipinski definition) is 0. The molecule has 0 aromatic carbocycles. The molecule has 0 atom stereocenters. The van der Waals surface area contributed by atoms with Crippen LogP contribution in [0.4, 0.5) is 0 Å². The minimum atomic E-state index is 0.490. The lowest BCUT2D eigenvalue weighted by molar-refractivity contribution is 1.03. The van der Waals surface area contributed by atoms with E-state index >= 15 is 0 Å². The van der Waals surface area contributed by atoms with E-state index in [1.54, 1.807) is 12.4 Å². The lowest BCUT2D eigenvalue weighted by atomic mass is 10.2. The molecule has 0 spiro atoms. The highest BCUT2D eigenvalue weighted by molar-refractivity contribution is 7.10. The summed E-state index contributed by atoms with van der Waals surface area (Å²) >= 11 is 6.87. The minimum absolute atomic E-state index is 0.490. The van der Waals surface area contributed by atoms with Crippen LogP contribution >= 0.6 is 23.1 Å². The van der Waals surface area contributed by atoms with Crippen molar-refractivity contribution in [2.45, 2.75) is 6.42 Å². The highest BCUT2D eigenvalue weighted by Crippen LogP contribution is 2.13. The number of hydrogen-bond acceptors (Lipinski definition) is 4. The highest BCUT2D eigenvalue weighted by atomic mass is 35.5. The van der Waals surface area contributed by atoms with E-state index in [4.69, 9.17) is 11.6 Å². The van der Waals surface area contributed by atoms with Crippen molar-refractivity contribution in [3.8, 4) is 0 Å². The maximum atomic E-state index is 5.66. The number of pyridine rings is 1. The normalized spacial score (nSPS) is 10.2. The molecule has 0 aliphatic carbocycles. The van der Waals surface area contributed by atoms with Gasteiger partial charge in [-0.1, -0.05) is 0 Å². The van der Waals surface area contributed by atoms with Crippen LogP contribution in [-0.2, 0) is 6.42 Å². The summed E-state index contributed by atoms with van der Waals surface area (Å²) < 4.78 is 4.58. The zero-order chi connectivity index (χ0) is 9.10. The molecule has 66 valence electrons. The Morgan fingerprint density at radius 1 is 1.31 bits per heavy atom. The third kappa shape index (κ3) is 2.23. The van der Waals surface area contributed by atoms with E-state index in [0.717, 1.165) is 11.4 Å². The summed E-state index contributed by atoms with van der Waals surface area (Å²) in [6, 6.07) is 3.88. The molecule has 0 radical (unpaired) electrons. The van der Waals surface area contributed by atoms with Crippen molar-refractivity contribution in [3.63, 3.8) is 0 Å². The first-order chi connectivity index (χ1) is 6.34. The first kappa shape index (κ1) is 8.59. The number of aromatic nitrogens is 3. The molecule has 0 aliphatic heterocycles. The van der Waals surface area contributed by atoms with Crippen LogP contribution in [0.3, 0.4) is 0 Å². The fraction of sp³-hybridized carbons (Fsp3) is 0.125. The van der Waals surface area contributed by atoms with Gasteiger partial charge in [-0.25, -0.2) is 4.98 Å². The summed E-state index contributed by atoms with van der Waals surface area (Å²) in [6.07, 6.45) is 4.22. The van der Waals surface area contributed by atoms with E-state index < -0.39 is 0 Å². The van der Waals surface area contributed by atoms with Crippen molar-refractivity contribution in [2.75, 3.05) is 0 Å². The van der Waals surface area contributed by atoms with E-state index in [-0.39, 0.29) is 0 Å². The second-order valence-corrected chi connectivity index (χ2v) is 3.83. The summed E-state index contributed by atoms with van der Waals surface area (Å²) in [4.78, 5) is 7.99. The fourth-order valence-electron chi connectivity index (χ4n) is 0.988. The van der Waals surface area contributed by atoms with Gasteiger partial charge < -0.3 is 0 Å². The lowest BCUT2D eigenvalue weighted by Gasteiger charge is -1.93. The van der Waals surface area contributed by atoms with Gasteiger partial charge in [0, 0.05) is 18.8 Å². The largest absolute Gasteiger partial charge is 0.265 e. The van der Waals surface area contributed by atoms with Crippen LogP contribution in [0.15, 0.2) is 24.5 Å². The molecule has 0 amide bonds. The molecule has 0 saturated heterocycles. The van der Waals surface area contributed by atoms with Gasteiger partial charge in [-0.2, -0.15) is 4.37 Å². The predicted octanol–water partition coefficient (Wildman–Crippen LogP) is 2.18. The van der Waals surface area contributed by atoms with Crippen LogP contribution in [0.1, 0.15) is 11.4 Å². The molecule has 2 rings (SSSR count). The topological polar surface area (TPSA) is 38.7 Å². The summed E-state index contributed by atoms with van der Waals surface area (Å²) in [6.45, 7) is 0. The molecule has 3 nitrogen and oxygen atoms in total. The molecule has 0 N–H and O–H groups in total. The van der Waals surface area contributed by atoms with Crippen LogP contribution in [0.25, 0.3) is 0 Å². The number of halogens is 1. The molecule has 0 fully saturated rings. The summed E-state index contributed by atoms with van der Waals surface area (Å²) in [5.41, 5.74) is 1.14. The Labute approximate surface area is 84.6 Å². The Bertz CT molecular complexity index is 387. The average Bonchev–Trinajstić information content (AvgIpc) is 2.53. The molecular weight excluding hydrogens is 206 g/mol. The van der Waals surface area contributed by atoms with Gasteiger partial charge in [-0.3, -0.25) is 4.98 Å². The standard InChI is InChI=1S/C8H6ClN3S/c9-8-11-7(12-13-8)5-6-1-3-10-4-2-6/h1-4H,5H2. The van der Waals surface area contributed by atoms with Gasteiger partial charge in [-0.15, -0.1) is 0 Å². The predicted molar refractivity (Wildman–Crippen MR) is 52.0 cm³/mol. The fourth-order valence-corrected chi connectivity index (χ4v) is 1.62. The summed E-state index contributed by atoms with van der Waals surface area (Å²) in [5, 5.41) is 0. The maximum Gasteiger partial charge on any atom is 0.203 e. The Balaban J connectivity index is 2.15. The van der Waals surface area contributed by atoms with Crippen molar-refractivity contribution in [1.82, 2.24) is 14.3 Å². The first-order valence-corrected chi connectivity index (χ1v) is 4.87. The van der Waals surface area contributed by atoms with E-state index in [2.05, 4.69) is 14.3 Å². The zero-order valence-corrected chi connectivity index (χ0v) is 8.22. The first-order valence-electron chi connectivity index (χ1n) is 3.71. The zero-order valence-electron chi connectivity index (χ0n) is 6.64. The molecule has 0 aliphatic rings. The van der Waals surface area contributed by atoms with Crippen molar-refractivity contribution in [2.24, 2.45) is 0 Å². The van der Waals surface area contributed by atoms with Crippen LogP contribution in [0.2, 0.25) is 4.47 Å². The van der Waals surface area contributed by atoms with Gasteiger partial charge in [0.25, 0.3) is 0 Å². The van der Waals surface area contributed by atoms with E-state index in [1.807, 2.05) is 12.1 Å². The third-order valence-electron chi connectivity index (χ3n) is 1.55. The van der Waals surface area contributed by atoms with Crippen LogP contribution in [0, 0.1) is 0 Å². The van der Waals surface area contributed by atoms with Crippen LogP contribution in [0.5, 0.6) is 0 Å². The Kier molecular flexibility index (Phi) is 2.52. The molecule has 2 aromatic heterocycles. The summed E-state index contributed by atoms with van der Waals surface area (Å²) in [7, 11) is 0. The van der Waals surface area contributed by atoms with Gasteiger partial charge in [0.2, 0.25) is 4.47 Å². The lowest BCUT2D eigenvalue weighted by Crippen LogP contribution is -1.89. The van der Waals surface area contributed by atoms with Gasteiger partial charge in [0.15, 0.2) is 0 Å². The Morgan fingerprint density at radius 3 is 2.69 bits per heavy atom. The third-order valence-corrected chi connectivity index (χ3v) is 2.39. The molecule has 5 heteroatoms. The van der Waals surface area contributed by atoms with Crippen molar-refractivity contribution in [1.29, 1.82) is 0 Å². The van der Waals surface area contributed by atoms with E-state index in [9.17, 15) is 0 Å². The highest BCUT2D eigenvalue weighted by Gasteiger charge is 2.02. The van der Waals surface area contributed by atoms with Crippen molar-refractivity contribution < 1.29 is 0 Å². The molecular formula is C8H6ClN3S. The van der Waals surface area contributed by atoms with Crippen molar-refractivity contribution in [3.05, 3.63) is 40.4 Å². The molecule has 2 aromatic rings. The Morgan fingerprint density at radius 2 is 2.08 bits per heavy atom. The molecule has 13 heavy (non-hydrogen) atoms. The van der Waals surface area contributed by atoms with Crippen LogP contribution in [-0.4, -0.2) is 14.3 Å². The Hall–Kier alpha value is -1.00. The second-order valence-electron chi connectivity index (χ2n) is 2.50. The summed E-state index contributed by atoms with van der Waals surface area (Å²) in [5.74, 6) is 0.765. The van der Waals surface area contributed by atoms with Gasteiger partial charge in [0.05, 0.1) is 0 Å². The van der Waals surface area contributed by atoms with Crippen LogP contribution < -0.4 is 0 Å². The molecule has 0 saturated carbocycles. The van der Waals surface area contributed by atoms with E-state index in [0.29, 0.717) is 10.9 Å². The molecule has 0 bridgehead atoms. The van der Waals surface area contributed by atoms with Gasteiger partial charge in [-0.05, 0) is 40.8 Å². The smallest absolute Gasteiger partial charge is 0.203 e. The van der Waals surface area contributed by atoms with Gasteiger partial charge >= 0.3 is 0 Å². The molecule has 0 unspecified atom stereocenters. The molecule has 2 heterocycles. The SMILES string of the molecule is Clc1nc(Cc2ccncc2)ns1. The average molecular weight is 212 g/mol. The number of nitrogens with zero attached hydrogens (tertiary/aromatic N) is 3. The monoisotopic (exact) mass is 211 g/mol. The van der Waals surface area contributed by atoms with Gasteiger partial charge in [0.1, 0.15) is 5.82 Å². The van der Waals surface area contributed by atoms with E-state index in [1.165, 1.54) is 11.5 Å². The maximum absolute atomic E-state index is 5.66. The minimum Gasteiger partial charge on any atom is -0.265 e. The number of rotatable bonds is 2. The quantitative estimate of drug-likeness (QED) is 0.764.